The van der Waals surface area contributed by atoms with Crippen molar-refractivity contribution in [3.05, 3.63) is 42.7 Å². The number of benzene rings is 1. The van der Waals surface area contributed by atoms with Gasteiger partial charge < -0.3 is 4.57 Å². The maximum Gasteiger partial charge on any atom is 0.0992 e. The molecule has 68 valence electrons. The number of hydrogen-bond acceptors (Lipinski definition) is 2. The highest BCUT2D eigenvalue weighted by Gasteiger charge is 2.01. The second-order valence-corrected chi connectivity index (χ2v) is 3.00. The van der Waals surface area contributed by atoms with E-state index in [1.807, 2.05) is 16.7 Å². The fourth-order valence-corrected chi connectivity index (χ4v) is 1.41. The van der Waals surface area contributed by atoms with Crippen LogP contribution in [0.1, 0.15) is 5.56 Å². The van der Waals surface area contributed by atoms with Gasteiger partial charge in [0.05, 0.1) is 29.0 Å². The molecular formula is C11H9N3. The van der Waals surface area contributed by atoms with Crippen molar-refractivity contribution in [1.29, 1.82) is 5.26 Å². The van der Waals surface area contributed by atoms with E-state index in [0.29, 0.717) is 12.1 Å². The molecule has 2 rings (SSSR count). The Hall–Kier alpha value is -2.08. The predicted molar refractivity (Wildman–Crippen MR) is 54.6 cm³/mol. The van der Waals surface area contributed by atoms with Crippen LogP contribution in [0.5, 0.6) is 0 Å². The van der Waals surface area contributed by atoms with Gasteiger partial charge >= 0.3 is 0 Å². The summed E-state index contributed by atoms with van der Waals surface area (Å²) in [4.78, 5) is 4.22. The third kappa shape index (κ3) is 1.27. The third-order valence-corrected chi connectivity index (χ3v) is 2.08. The molecule has 0 bridgehead atoms. The maximum atomic E-state index is 8.76. The average Bonchev–Trinajstić information content (AvgIpc) is 2.61. The fourth-order valence-electron chi connectivity index (χ4n) is 1.41. The van der Waals surface area contributed by atoms with Crippen molar-refractivity contribution in [2.75, 3.05) is 0 Å². The molecule has 14 heavy (non-hydrogen) atoms. The van der Waals surface area contributed by atoms with Crippen LogP contribution in [0.4, 0.5) is 0 Å². The van der Waals surface area contributed by atoms with E-state index in [-0.39, 0.29) is 0 Å². The van der Waals surface area contributed by atoms with E-state index in [9.17, 15) is 0 Å². The van der Waals surface area contributed by atoms with Crippen molar-refractivity contribution in [1.82, 2.24) is 9.55 Å². The lowest BCUT2D eigenvalue weighted by Crippen LogP contribution is -1.91. The molecule has 3 nitrogen and oxygen atoms in total. The van der Waals surface area contributed by atoms with Crippen LogP contribution in [0.15, 0.2) is 37.2 Å². The first-order valence-electron chi connectivity index (χ1n) is 4.31. The molecule has 0 amide bonds. The highest BCUT2D eigenvalue weighted by molar-refractivity contribution is 5.76. The summed E-state index contributed by atoms with van der Waals surface area (Å²) >= 11 is 0. The summed E-state index contributed by atoms with van der Waals surface area (Å²) < 4.78 is 1.96. The molecular weight excluding hydrogens is 174 g/mol. The zero-order valence-electron chi connectivity index (χ0n) is 7.64. The van der Waals surface area contributed by atoms with Crippen molar-refractivity contribution < 1.29 is 0 Å². The Morgan fingerprint density at radius 1 is 1.57 bits per heavy atom. The average molecular weight is 183 g/mol. The van der Waals surface area contributed by atoms with Crippen molar-refractivity contribution in [3.63, 3.8) is 0 Å². The second-order valence-electron chi connectivity index (χ2n) is 3.00. The molecule has 0 aliphatic rings. The van der Waals surface area contributed by atoms with Crippen LogP contribution in [-0.2, 0) is 6.54 Å². The lowest BCUT2D eigenvalue weighted by atomic mass is 10.2. The van der Waals surface area contributed by atoms with E-state index < -0.39 is 0 Å². The molecule has 0 aliphatic carbocycles. The Balaban J connectivity index is 2.64. The Labute approximate surface area is 81.9 Å². The molecule has 0 spiro atoms. The maximum absolute atomic E-state index is 8.76. The SMILES string of the molecule is C=CCn1cnc2ccc(C#N)cc21. The monoisotopic (exact) mass is 183 g/mol. The quantitative estimate of drug-likeness (QED) is 0.669. The molecule has 1 heterocycles. The fraction of sp³-hybridized carbons (Fsp3) is 0.0909. The van der Waals surface area contributed by atoms with Gasteiger partial charge in [-0.05, 0) is 18.2 Å². The van der Waals surface area contributed by atoms with Crippen LogP contribution in [0.2, 0.25) is 0 Å². The van der Waals surface area contributed by atoms with Crippen molar-refractivity contribution in [2.24, 2.45) is 0 Å². The zero-order chi connectivity index (χ0) is 9.97. The molecule has 0 unspecified atom stereocenters. The topological polar surface area (TPSA) is 41.6 Å². The Morgan fingerprint density at radius 2 is 2.43 bits per heavy atom. The number of nitriles is 1. The molecule has 0 N–H and O–H groups in total. The summed E-state index contributed by atoms with van der Waals surface area (Å²) in [6, 6.07) is 7.58. The number of rotatable bonds is 2. The van der Waals surface area contributed by atoms with Gasteiger partial charge in [0.1, 0.15) is 0 Å². The number of imidazole rings is 1. The lowest BCUT2D eigenvalue weighted by Gasteiger charge is -1.98. The molecule has 0 radical (unpaired) electrons. The van der Waals surface area contributed by atoms with Crippen LogP contribution in [0.25, 0.3) is 11.0 Å². The first-order valence-corrected chi connectivity index (χ1v) is 4.31. The summed E-state index contributed by atoms with van der Waals surface area (Å²) in [5.41, 5.74) is 2.54. The highest BCUT2D eigenvalue weighted by Crippen LogP contribution is 2.14. The summed E-state index contributed by atoms with van der Waals surface area (Å²) in [6.45, 7) is 4.39. The number of aromatic nitrogens is 2. The van der Waals surface area contributed by atoms with Crippen molar-refractivity contribution in [2.45, 2.75) is 6.54 Å². The number of hydrogen-bond donors (Lipinski definition) is 0. The van der Waals surface area contributed by atoms with E-state index in [4.69, 9.17) is 5.26 Å². The van der Waals surface area contributed by atoms with Gasteiger partial charge in [0, 0.05) is 6.54 Å². The van der Waals surface area contributed by atoms with Gasteiger partial charge in [-0.15, -0.1) is 6.58 Å². The molecule has 0 saturated heterocycles. The van der Waals surface area contributed by atoms with E-state index in [2.05, 4.69) is 17.6 Å². The summed E-state index contributed by atoms with van der Waals surface area (Å²) in [6.07, 6.45) is 3.56. The smallest absolute Gasteiger partial charge is 0.0992 e. The van der Waals surface area contributed by atoms with Crippen LogP contribution in [0.3, 0.4) is 0 Å². The zero-order valence-corrected chi connectivity index (χ0v) is 7.64. The molecule has 0 saturated carbocycles. The first kappa shape index (κ1) is 8.52. The molecule has 0 atom stereocenters. The van der Waals surface area contributed by atoms with Gasteiger partial charge in [-0.2, -0.15) is 5.26 Å². The second kappa shape index (κ2) is 3.35. The Bertz CT molecular complexity index is 517. The van der Waals surface area contributed by atoms with Crippen LogP contribution < -0.4 is 0 Å². The van der Waals surface area contributed by atoms with Gasteiger partial charge in [-0.3, -0.25) is 0 Å². The van der Waals surface area contributed by atoms with Crippen LogP contribution in [0, 0.1) is 11.3 Å². The largest absolute Gasteiger partial charge is 0.327 e. The number of nitrogens with zero attached hydrogens (tertiary/aromatic N) is 3. The summed E-state index contributed by atoms with van der Waals surface area (Å²) in [7, 11) is 0. The molecule has 0 fully saturated rings. The third-order valence-electron chi connectivity index (χ3n) is 2.08. The molecule has 1 aromatic heterocycles. The van der Waals surface area contributed by atoms with Crippen LogP contribution in [-0.4, -0.2) is 9.55 Å². The number of fused-ring (bicyclic) bond motifs is 1. The minimum atomic E-state index is 0.656. The van der Waals surface area contributed by atoms with Gasteiger partial charge in [-0.25, -0.2) is 4.98 Å². The minimum Gasteiger partial charge on any atom is -0.327 e. The van der Waals surface area contributed by atoms with E-state index in [0.717, 1.165) is 11.0 Å². The predicted octanol–water partition coefficient (Wildman–Crippen LogP) is 2.09. The summed E-state index contributed by atoms with van der Waals surface area (Å²) in [5.74, 6) is 0. The first-order chi connectivity index (χ1) is 6.85. The normalized spacial score (nSPS) is 9.93. The van der Waals surface area contributed by atoms with Gasteiger partial charge in [0.15, 0.2) is 0 Å². The summed E-state index contributed by atoms with van der Waals surface area (Å²) in [5, 5.41) is 8.76. The molecule has 1 aromatic carbocycles. The van der Waals surface area contributed by atoms with Gasteiger partial charge in [-0.1, -0.05) is 6.08 Å². The highest BCUT2D eigenvalue weighted by atomic mass is 15.0. The van der Waals surface area contributed by atoms with Crippen molar-refractivity contribution in [3.8, 4) is 6.07 Å². The van der Waals surface area contributed by atoms with E-state index in [1.165, 1.54) is 0 Å². The Morgan fingerprint density at radius 3 is 3.14 bits per heavy atom. The van der Waals surface area contributed by atoms with Gasteiger partial charge in [0.25, 0.3) is 0 Å². The van der Waals surface area contributed by atoms with E-state index in [1.54, 1.807) is 18.5 Å². The van der Waals surface area contributed by atoms with Crippen molar-refractivity contribution >= 4 is 11.0 Å². The minimum absolute atomic E-state index is 0.656. The standard InChI is InChI=1S/C11H9N3/c1-2-5-14-8-13-10-4-3-9(7-12)6-11(10)14/h2-4,6,8H,1,5H2. The number of allylic oxidation sites excluding steroid dienone is 1. The van der Waals surface area contributed by atoms with Crippen LogP contribution >= 0.6 is 0 Å². The van der Waals surface area contributed by atoms with Gasteiger partial charge in [0.2, 0.25) is 0 Å². The molecule has 2 aromatic rings. The Kier molecular flexibility index (Phi) is 2.04. The molecule has 0 aliphatic heterocycles. The molecule has 3 heteroatoms. The lowest BCUT2D eigenvalue weighted by molar-refractivity contribution is 0.851. The van der Waals surface area contributed by atoms with E-state index >= 15 is 0 Å².